The minimum Gasteiger partial charge on any atom is -0.489 e. The van der Waals surface area contributed by atoms with Crippen LogP contribution in [-0.2, 0) is 6.54 Å². The van der Waals surface area contributed by atoms with E-state index in [9.17, 15) is 13.2 Å². The topological polar surface area (TPSA) is 41.5 Å². The molecule has 0 bridgehead atoms. The number of halogens is 4. The Kier molecular flexibility index (Phi) is 6.58. The molecule has 0 radical (unpaired) electrons. The predicted octanol–water partition coefficient (Wildman–Crippen LogP) is 3.14. The summed E-state index contributed by atoms with van der Waals surface area (Å²) in [6.07, 6.45) is -6.22. The second kappa shape index (κ2) is 7.71. The Hall–Kier alpha value is -0.980. The van der Waals surface area contributed by atoms with E-state index in [1.165, 1.54) is 6.07 Å². The van der Waals surface area contributed by atoms with Gasteiger partial charge in [0.2, 0.25) is 0 Å². The highest BCUT2D eigenvalue weighted by molar-refractivity contribution is 6.32. The second-order valence-corrected chi connectivity index (χ2v) is 4.72. The smallest absolute Gasteiger partial charge is 0.417 e. The number of hydrogen-bond donors (Lipinski definition) is 2. The first-order valence-corrected chi connectivity index (χ1v) is 6.59. The molecule has 3 nitrogen and oxygen atoms in total. The van der Waals surface area contributed by atoms with Crippen LogP contribution in [0.3, 0.4) is 0 Å². The Morgan fingerprint density at radius 3 is 2.65 bits per heavy atom. The lowest BCUT2D eigenvalue weighted by Gasteiger charge is -2.16. The van der Waals surface area contributed by atoms with Gasteiger partial charge in [0.25, 0.3) is 0 Å². The van der Waals surface area contributed by atoms with Gasteiger partial charge in [-0.15, -0.1) is 0 Å². The van der Waals surface area contributed by atoms with Gasteiger partial charge in [-0.05, 0) is 30.7 Å². The fourth-order valence-corrected chi connectivity index (χ4v) is 1.70. The van der Waals surface area contributed by atoms with Crippen molar-refractivity contribution in [2.24, 2.45) is 0 Å². The van der Waals surface area contributed by atoms with Crippen molar-refractivity contribution in [3.8, 4) is 5.75 Å². The quantitative estimate of drug-likeness (QED) is 0.760. The van der Waals surface area contributed by atoms with E-state index < -0.39 is 18.9 Å². The summed E-state index contributed by atoms with van der Waals surface area (Å²) >= 11 is 5.92. The zero-order valence-corrected chi connectivity index (χ0v) is 11.8. The minimum absolute atomic E-state index is 0.120. The van der Waals surface area contributed by atoms with Crippen LogP contribution in [0.15, 0.2) is 18.2 Å². The first-order valence-electron chi connectivity index (χ1n) is 6.21. The Balaban J connectivity index is 2.55. The number of alkyl halides is 3. The van der Waals surface area contributed by atoms with Crippen molar-refractivity contribution in [1.29, 1.82) is 0 Å². The van der Waals surface area contributed by atoms with Crippen molar-refractivity contribution in [1.82, 2.24) is 5.32 Å². The van der Waals surface area contributed by atoms with Crippen molar-refractivity contribution in [3.63, 3.8) is 0 Å². The molecule has 1 atom stereocenters. The van der Waals surface area contributed by atoms with Gasteiger partial charge in [-0.3, -0.25) is 0 Å². The molecule has 0 aliphatic heterocycles. The van der Waals surface area contributed by atoms with Crippen LogP contribution in [0.4, 0.5) is 13.2 Å². The van der Waals surface area contributed by atoms with E-state index in [4.69, 9.17) is 21.4 Å². The van der Waals surface area contributed by atoms with Crippen LogP contribution in [0.2, 0.25) is 5.02 Å². The highest BCUT2D eigenvalue weighted by atomic mass is 35.5. The first-order chi connectivity index (χ1) is 9.34. The maximum absolute atomic E-state index is 12.1. The van der Waals surface area contributed by atoms with Gasteiger partial charge < -0.3 is 15.2 Å². The van der Waals surface area contributed by atoms with Crippen LogP contribution in [0, 0.1) is 0 Å². The maximum Gasteiger partial charge on any atom is 0.417 e. The van der Waals surface area contributed by atoms with Crippen LogP contribution in [0.25, 0.3) is 0 Å². The summed E-state index contributed by atoms with van der Waals surface area (Å²) in [7, 11) is 0. The van der Waals surface area contributed by atoms with E-state index in [0.29, 0.717) is 6.54 Å². The van der Waals surface area contributed by atoms with Crippen LogP contribution in [0.1, 0.15) is 18.9 Å². The van der Waals surface area contributed by atoms with E-state index in [1.807, 2.05) is 6.92 Å². The van der Waals surface area contributed by atoms with Crippen molar-refractivity contribution in [2.75, 3.05) is 13.2 Å². The molecule has 114 valence electrons. The predicted molar refractivity (Wildman–Crippen MR) is 71.0 cm³/mol. The van der Waals surface area contributed by atoms with Crippen molar-refractivity contribution in [2.45, 2.75) is 32.2 Å². The molecule has 0 fully saturated rings. The molecule has 0 aromatic heterocycles. The fraction of sp³-hybridized carbons (Fsp3) is 0.538. The molecular weight excluding hydrogens is 295 g/mol. The molecule has 1 aromatic carbocycles. The van der Waals surface area contributed by atoms with Crippen molar-refractivity contribution >= 4 is 11.6 Å². The third-order valence-corrected chi connectivity index (χ3v) is 2.82. The van der Waals surface area contributed by atoms with Gasteiger partial charge in [0, 0.05) is 6.54 Å². The molecule has 7 heteroatoms. The number of aliphatic hydroxyl groups is 1. The fourth-order valence-electron chi connectivity index (χ4n) is 1.44. The largest absolute Gasteiger partial charge is 0.489 e. The molecule has 0 amide bonds. The Morgan fingerprint density at radius 1 is 1.40 bits per heavy atom. The molecule has 0 saturated heterocycles. The number of aliphatic hydroxyl groups excluding tert-OH is 1. The van der Waals surface area contributed by atoms with Gasteiger partial charge in [0.15, 0.2) is 6.10 Å². The molecule has 1 aromatic rings. The van der Waals surface area contributed by atoms with Gasteiger partial charge in [-0.25, -0.2) is 0 Å². The average molecular weight is 312 g/mol. The second-order valence-electron chi connectivity index (χ2n) is 4.31. The van der Waals surface area contributed by atoms with Crippen LogP contribution in [-0.4, -0.2) is 30.5 Å². The molecule has 0 saturated carbocycles. The molecular formula is C13H17ClF3NO2. The van der Waals surface area contributed by atoms with Gasteiger partial charge in [0.1, 0.15) is 12.4 Å². The number of ether oxygens (including phenoxy) is 1. The number of benzene rings is 1. The minimum atomic E-state index is -4.70. The van der Waals surface area contributed by atoms with Gasteiger partial charge >= 0.3 is 6.18 Å². The molecule has 2 N–H and O–H groups in total. The Morgan fingerprint density at radius 2 is 2.10 bits per heavy atom. The first kappa shape index (κ1) is 17.1. The molecule has 0 aliphatic rings. The van der Waals surface area contributed by atoms with Crippen LogP contribution >= 0.6 is 11.6 Å². The van der Waals surface area contributed by atoms with Crippen molar-refractivity contribution < 1.29 is 23.0 Å². The molecule has 0 heterocycles. The lowest BCUT2D eigenvalue weighted by Crippen LogP contribution is -2.34. The van der Waals surface area contributed by atoms with E-state index >= 15 is 0 Å². The van der Waals surface area contributed by atoms with Gasteiger partial charge in [0.05, 0.1) is 5.02 Å². The molecule has 1 rings (SSSR count). The average Bonchev–Trinajstić information content (AvgIpc) is 2.36. The normalized spacial score (nSPS) is 13.3. The highest BCUT2D eigenvalue weighted by Gasteiger charge is 2.38. The Bertz CT molecular complexity index is 427. The number of rotatable bonds is 7. The standard InChI is InChI=1S/C13H17ClF3NO2/c1-2-5-18-7-9-3-4-11(10(14)6-9)20-8-12(19)13(15,16)17/h3-4,6,12,18-19H,2,5,7-8H2,1H3. The molecule has 0 spiro atoms. The lowest BCUT2D eigenvalue weighted by molar-refractivity contribution is -0.210. The number of hydrogen-bond acceptors (Lipinski definition) is 3. The summed E-state index contributed by atoms with van der Waals surface area (Å²) in [4.78, 5) is 0. The molecule has 1 unspecified atom stereocenters. The third-order valence-electron chi connectivity index (χ3n) is 2.53. The summed E-state index contributed by atoms with van der Waals surface area (Å²) in [5.74, 6) is 0.120. The highest BCUT2D eigenvalue weighted by Crippen LogP contribution is 2.27. The van der Waals surface area contributed by atoms with E-state index in [-0.39, 0.29) is 10.8 Å². The summed E-state index contributed by atoms with van der Waals surface area (Å²) in [6.45, 7) is 2.66. The summed E-state index contributed by atoms with van der Waals surface area (Å²) < 4.78 is 41.2. The van der Waals surface area contributed by atoms with Crippen LogP contribution < -0.4 is 10.1 Å². The third kappa shape index (κ3) is 5.56. The van der Waals surface area contributed by atoms with E-state index in [0.717, 1.165) is 18.5 Å². The SMILES string of the molecule is CCCNCc1ccc(OCC(O)C(F)(F)F)c(Cl)c1. The molecule has 20 heavy (non-hydrogen) atoms. The van der Waals surface area contributed by atoms with Gasteiger partial charge in [-0.1, -0.05) is 24.6 Å². The van der Waals surface area contributed by atoms with E-state index in [1.54, 1.807) is 12.1 Å². The van der Waals surface area contributed by atoms with E-state index in [2.05, 4.69) is 5.32 Å². The lowest BCUT2D eigenvalue weighted by atomic mass is 10.2. The maximum atomic E-state index is 12.1. The molecule has 0 aliphatic carbocycles. The summed E-state index contributed by atoms with van der Waals surface area (Å²) in [5, 5.41) is 12.2. The van der Waals surface area contributed by atoms with Crippen LogP contribution in [0.5, 0.6) is 5.75 Å². The number of nitrogens with one attached hydrogen (secondary N) is 1. The Labute approximate surface area is 120 Å². The zero-order valence-electron chi connectivity index (χ0n) is 11.0. The monoisotopic (exact) mass is 311 g/mol. The van der Waals surface area contributed by atoms with Crippen molar-refractivity contribution in [3.05, 3.63) is 28.8 Å². The zero-order chi connectivity index (χ0) is 15.2. The van der Waals surface area contributed by atoms with Gasteiger partial charge in [-0.2, -0.15) is 13.2 Å². The summed E-state index contributed by atoms with van der Waals surface area (Å²) in [6, 6.07) is 4.83. The summed E-state index contributed by atoms with van der Waals surface area (Å²) in [5.41, 5.74) is 0.909.